The van der Waals surface area contributed by atoms with Gasteiger partial charge in [0.1, 0.15) is 5.82 Å². The number of rotatable bonds is 9. The molecule has 0 saturated carbocycles. The van der Waals surface area contributed by atoms with Crippen LogP contribution in [-0.4, -0.2) is 73.0 Å². The molecule has 9 heteroatoms. The molecule has 1 aliphatic heterocycles. The highest BCUT2D eigenvalue weighted by Gasteiger charge is 2.16. The maximum Gasteiger partial charge on any atom is 0.191 e. The van der Waals surface area contributed by atoms with E-state index in [0.717, 1.165) is 77.0 Å². The summed E-state index contributed by atoms with van der Waals surface area (Å²) in [5.41, 5.74) is 1.10. The van der Waals surface area contributed by atoms with Crippen LogP contribution in [0.15, 0.2) is 47.7 Å². The minimum atomic E-state index is -0.182. The number of guanidine groups is 1. The van der Waals surface area contributed by atoms with Gasteiger partial charge in [-0.15, -0.1) is 24.0 Å². The van der Waals surface area contributed by atoms with Crippen molar-refractivity contribution in [2.45, 2.75) is 19.9 Å². The summed E-state index contributed by atoms with van der Waals surface area (Å²) in [5, 5.41) is 10.9. The predicted octanol–water partition coefficient (Wildman–Crippen LogP) is 2.41. The summed E-state index contributed by atoms with van der Waals surface area (Å²) in [5.74, 6) is 0.691. The van der Waals surface area contributed by atoms with Gasteiger partial charge in [-0.2, -0.15) is 5.10 Å². The summed E-state index contributed by atoms with van der Waals surface area (Å²) in [7, 11) is 0. The molecule has 1 aromatic carbocycles. The number of aliphatic imine (C=N–C) groups is 1. The molecule has 0 amide bonds. The van der Waals surface area contributed by atoms with Crippen LogP contribution in [0.5, 0.6) is 0 Å². The van der Waals surface area contributed by atoms with Gasteiger partial charge in [-0.1, -0.05) is 0 Å². The average Bonchev–Trinajstić information content (AvgIpc) is 3.26. The highest BCUT2D eigenvalue weighted by atomic mass is 127. The Morgan fingerprint density at radius 3 is 2.53 bits per heavy atom. The van der Waals surface area contributed by atoms with Crippen LogP contribution in [0.25, 0.3) is 0 Å². The number of piperazine rings is 1. The summed E-state index contributed by atoms with van der Waals surface area (Å²) < 4.78 is 15.0. The van der Waals surface area contributed by atoms with Gasteiger partial charge in [-0.25, -0.2) is 4.39 Å². The van der Waals surface area contributed by atoms with E-state index in [-0.39, 0.29) is 29.8 Å². The molecule has 2 aromatic rings. The zero-order valence-electron chi connectivity index (χ0n) is 17.6. The Labute approximate surface area is 195 Å². The van der Waals surface area contributed by atoms with Gasteiger partial charge in [0.2, 0.25) is 0 Å². The first-order valence-corrected chi connectivity index (χ1v) is 10.5. The Balaban J connectivity index is 0.00000320. The predicted molar refractivity (Wildman–Crippen MR) is 131 cm³/mol. The van der Waals surface area contributed by atoms with Crippen LogP contribution in [0.2, 0.25) is 0 Å². The smallest absolute Gasteiger partial charge is 0.191 e. The third-order valence-corrected chi connectivity index (χ3v) is 5.00. The number of hydrogen-bond donors (Lipinski definition) is 2. The number of aromatic nitrogens is 2. The van der Waals surface area contributed by atoms with Crippen molar-refractivity contribution < 1.29 is 4.39 Å². The number of nitrogens with zero attached hydrogens (tertiary/aromatic N) is 5. The molecule has 1 aromatic heterocycles. The molecule has 0 aliphatic carbocycles. The third kappa shape index (κ3) is 8.10. The number of benzene rings is 1. The van der Waals surface area contributed by atoms with Crippen molar-refractivity contribution in [3.05, 3.63) is 48.5 Å². The number of halogens is 2. The van der Waals surface area contributed by atoms with E-state index < -0.39 is 0 Å². The zero-order valence-corrected chi connectivity index (χ0v) is 20.0. The Morgan fingerprint density at radius 2 is 1.87 bits per heavy atom. The van der Waals surface area contributed by atoms with E-state index in [1.807, 2.05) is 29.1 Å². The molecule has 3 rings (SSSR count). The first-order chi connectivity index (χ1) is 14.2. The Morgan fingerprint density at radius 1 is 1.10 bits per heavy atom. The van der Waals surface area contributed by atoms with Crippen molar-refractivity contribution in [3.63, 3.8) is 0 Å². The lowest BCUT2D eigenvalue weighted by Crippen LogP contribution is -2.49. The summed E-state index contributed by atoms with van der Waals surface area (Å²) in [6.07, 6.45) is 4.74. The highest BCUT2D eigenvalue weighted by molar-refractivity contribution is 14.0. The van der Waals surface area contributed by atoms with Crippen LogP contribution < -0.4 is 15.5 Å². The van der Waals surface area contributed by atoms with Gasteiger partial charge in [0, 0.05) is 77.0 Å². The van der Waals surface area contributed by atoms with E-state index in [1.165, 1.54) is 12.1 Å². The molecule has 0 unspecified atom stereocenters. The van der Waals surface area contributed by atoms with E-state index in [9.17, 15) is 4.39 Å². The normalized spacial score (nSPS) is 15.0. The molecule has 7 nitrogen and oxygen atoms in total. The minimum absolute atomic E-state index is 0. The van der Waals surface area contributed by atoms with Gasteiger partial charge in [0.25, 0.3) is 0 Å². The molecule has 0 spiro atoms. The molecular weight excluding hydrogens is 496 g/mol. The van der Waals surface area contributed by atoms with Crippen LogP contribution >= 0.6 is 24.0 Å². The molecule has 0 radical (unpaired) electrons. The molecule has 1 saturated heterocycles. The van der Waals surface area contributed by atoms with Gasteiger partial charge in [-0.05, 0) is 43.7 Å². The second kappa shape index (κ2) is 13.4. The van der Waals surface area contributed by atoms with Gasteiger partial charge in [0.15, 0.2) is 5.96 Å². The zero-order chi connectivity index (χ0) is 20.3. The molecule has 2 heterocycles. The highest BCUT2D eigenvalue weighted by Crippen LogP contribution is 2.16. The topological polar surface area (TPSA) is 60.7 Å². The number of hydrogen-bond acceptors (Lipinski definition) is 4. The maximum atomic E-state index is 13.1. The molecule has 0 bridgehead atoms. The second-order valence-corrected chi connectivity index (χ2v) is 7.12. The average molecular weight is 529 g/mol. The lowest BCUT2D eigenvalue weighted by atomic mass is 10.2. The maximum absolute atomic E-state index is 13.1. The molecule has 2 N–H and O–H groups in total. The SMILES string of the molecule is CCNC(=NCCCn1cccn1)NCCN1CCN(c2ccc(F)cc2)CC1.I. The summed E-state index contributed by atoms with van der Waals surface area (Å²) in [6, 6.07) is 8.72. The third-order valence-electron chi connectivity index (χ3n) is 5.00. The van der Waals surface area contributed by atoms with Gasteiger partial charge in [0.05, 0.1) is 0 Å². The fourth-order valence-corrected chi connectivity index (χ4v) is 3.41. The van der Waals surface area contributed by atoms with Crippen LogP contribution in [0.3, 0.4) is 0 Å². The molecule has 1 aliphatic rings. The van der Waals surface area contributed by atoms with Gasteiger partial charge in [-0.3, -0.25) is 14.6 Å². The van der Waals surface area contributed by atoms with Crippen LogP contribution in [-0.2, 0) is 6.54 Å². The van der Waals surface area contributed by atoms with Crippen molar-refractivity contribution in [1.82, 2.24) is 25.3 Å². The Hall–Kier alpha value is -1.88. The standard InChI is InChI=1S/C21H32FN7.HI/c1-2-23-21(24-9-3-12-29-13-4-10-26-29)25-11-14-27-15-17-28(18-16-27)20-7-5-19(22)6-8-20;/h4-8,10,13H,2-3,9,11-12,14-18H2,1H3,(H2,23,24,25);1H. The van der Waals surface area contributed by atoms with Crippen molar-refractivity contribution in [2.24, 2.45) is 4.99 Å². The summed E-state index contributed by atoms with van der Waals surface area (Å²) >= 11 is 0. The Kier molecular flexibility index (Phi) is 10.9. The Bertz CT molecular complexity index is 728. The first kappa shape index (κ1) is 24.4. The van der Waals surface area contributed by atoms with E-state index in [2.05, 4.69) is 37.4 Å². The second-order valence-electron chi connectivity index (χ2n) is 7.12. The minimum Gasteiger partial charge on any atom is -0.369 e. The fourth-order valence-electron chi connectivity index (χ4n) is 3.41. The van der Waals surface area contributed by atoms with E-state index in [4.69, 9.17) is 0 Å². The first-order valence-electron chi connectivity index (χ1n) is 10.5. The fraction of sp³-hybridized carbons (Fsp3) is 0.524. The molecule has 166 valence electrons. The van der Waals surface area contributed by atoms with Gasteiger partial charge >= 0.3 is 0 Å². The monoisotopic (exact) mass is 529 g/mol. The van der Waals surface area contributed by atoms with E-state index in [0.29, 0.717) is 0 Å². The van der Waals surface area contributed by atoms with Crippen LogP contribution in [0, 0.1) is 5.82 Å². The van der Waals surface area contributed by atoms with Gasteiger partial charge < -0.3 is 15.5 Å². The van der Waals surface area contributed by atoms with Crippen molar-refractivity contribution in [2.75, 3.05) is 57.3 Å². The number of aryl methyl sites for hydroxylation is 1. The molecule has 1 fully saturated rings. The molecular formula is C21H33FIN7. The lowest BCUT2D eigenvalue weighted by molar-refractivity contribution is 0.261. The summed E-state index contributed by atoms with van der Waals surface area (Å²) in [4.78, 5) is 9.42. The van der Waals surface area contributed by atoms with Crippen LogP contribution in [0.4, 0.5) is 10.1 Å². The van der Waals surface area contributed by atoms with Crippen molar-refractivity contribution in [3.8, 4) is 0 Å². The largest absolute Gasteiger partial charge is 0.369 e. The van der Waals surface area contributed by atoms with Crippen molar-refractivity contribution >= 4 is 35.6 Å². The summed E-state index contributed by atoms with van der Waals surface area (Å²) in [6.45, 7) is 10.4. The van der Waals surface area contributed by atoms with Crippen LogP contribution in [0.1, 0.15) is 13.3 Å². The quantitative estimate of drug-likeness (QED) is 0.226. The lowest BCUT2D eigenvalue weighted by Gasteiger charge is -2.36. The van der Waals surface area contributed by atoms with E-state index >= 15 is 0 Å². The molecule has 30 heavy (non-hydrogen) atoms. The van der Waals surface area contributed by atoms with E-state index in [1.54, 1.807) is 6.20 Å². The van der Waals surface area contributed by atoms with Crippen molar-refractivity contribution in [1.29, 1.82) is 0 Å². The molecule has 0 atom stereocenters. The number of nitrogens with one attached hydrogen (secondary N) is 2. The number of anilines is 1.